The Bertz CT molecular complexity index is 2850. The fraction of sp³-hybridized carbons (Fsp3) is 0.382. The number of rotatable bonds is 37. The normalized spacial score (nSPS) is 16.5. The van der Waals surface area contributed by atoms with Crippen LogP contribution in [-0.4, -0.2) is 120 Å². The van der Waals surface area contributed by atoms with Crippen molar-refractivity contribution in [1.82, 2.24) is 16.0 Å². The van der Waals surface area contributed by atoms with E-state index in [9.17, 15) is 28.8 Å². The quantitative estimate of drug-likeness (QED) is 0.0144. The van der Waals surface area contributed by atoms with Crippen molar-refractivity contribution >= 4 is 35.6 Å². The van der Waals surface area contributed by atoms with Crippen LogP contribution in [-0.2, 0) is 96.8 Å². The third kappa shape index (κ3) is 21.8. The molecule has 3 amide bonds. The Morgan fingerprint density at radius 2 is 0.721 bits per heavy atom. The number of nitrogens with one attached hydrogen (secondary N) is 3. The average Bonchev–Trinajstić information content (AvgIpc) is 1.97. The second-order valence-corrected chi connectivity index (χ2v) is 20.5. The third-order valence-electron chi connectivity index (χ3n) is 14.0. The van der Waals surface area contributed by atoms with Crippen molar-refractivity contribution in [2.24, 2.45) is 0 Å². The van der Waals surface area contributed by atoms with Crippen LogP contribution in [0, 0.1) is 0 Å². The van der Waals surface area contributed by atoms with Crippen LogP contribution in [0.3, 0.4) is 0 Å². The van der Waals surface area contributed by atoms with Gasteiger partial charge in [0.25, 0.3) is 0 Å². The molecule has 0 aromatic heterocycles. The molecule has 6 aromatic rings. The molecule has 18 heteroatoms. The fourth-order valence-electron chi connectivity index (χ4n) is 9.65. The molecule has 456 valence electrons. The summed E-state index contributed by atoms with van der Waals surface area (Å²) in [5.41, 5.74) is 3.97. The zero-order valence-electron chi connectivity index (χ0n) is 48.8. The summed E-state index contributed by atoms with van der Waals surface area (Å²) >= 11 is 0. The van der Waals surface area contributed by atoms with Crippen LogP contribution in [0.4, 0.5) is 0 Å². The molecule has 1 saturated heterocycles. The highest BCUT2D eigenvalue weighted by molar-refractivity contribution is 5.77. The zero-order valence-corrected chi connectivity index (χ0v) is 48.8. The summed E-state index contributed by atoms with van der Waals surface area (Å²) in [6, 6.07) is 57.6. The first kappa shape index (κ1) is 65.4. The monoisotopic (exact) mass is 1180 g/mol. The number of methoxy groups -OCH3 is 1. The Morgan fingerprint density at radius 3 is 1.06 bits per heavy atom. The molecule has 18 nitrogen and oxygen atoms in total. The number of hydrogen-bond donors (Lipinski definition) is 3. The average molecular weight is 1180 g/mol. The summed E-state index contributed by atoms with van der Waals surface area (Å²) in [4.78, 5) is 80.6. The Labute approximate surface area is 503 Å². The summed E-state index contributed by atoms with van der Waals surface area (Å²) < 4.78 is 55.5. The van der Waals surface area contributed by atoms with Gasteiger partial charge < -0.3 is 58.6 Å². The van der Waals surface area contributed by atoms with Gasteiger partial charge in [-0.1, -0.05) is 182 Å². The van der Waals surface area contributed by atoms with E-state index in [-0.39, 0.29) is 122 Å². The highest BCUT2D eigenvalue weighted by atomic mass is 16.7. The molecule has 1 fully saturated rings. The van der Waals surface area contributed by atoms with Crippen molar-refractivity contribution < 1.29 is 71.4 Å². The summed E-state index contributed by atoms with van der Waals surface area (Å²) in [5.74, 6) is -3.02. The zero-order chi connectivity index (χ0) is 60.4. The van der Waals surface area contributed by atoms with E-state index in [1.807, 2.05) is 182 Å². The summed E-state index contributed by atoms with van der Waals surface area (Å²) in [7, 11) is 1.34. The number of carbonyl (C=O) groups excluding carboxylic acids is 6. The number of benzene rings is 6. The minimum absolute atomic E-state index is 0.106. The summed E-state index contributed by atoms with van der Waals surface area (Å²) in [6.07, 6.45) is -6.86. The van der Waals surface area contributed by atoms with Gasteiger partial charge in [-0.25, -0.2) is 0 Å². The van der Waals surface area contributed by atoms with E-state index in [1.54, 1.807) is 0 Å². The molecule has 0 bridgehead atoms. The largest absolute Gasteiger partial charge is 0.455 e. The molecule has 0 aliphatic carbocycles. The van der Waals surface area contributed by atoms with Gasteiger partial charge in [0.05, 0.1) is 46.2 Å². The lowest BCUT2D eigenvalue weighted by molar-refractivity contribution is -0.306. The second kappa shape index (κ2) is 36.7. The molecule has 5 atom stereocenters. The summed E-state index contributed by atoms with van der Waals surface area (Å²) in [5, 5.41) is 8.45. The first-order valence-electron chi connectivity index (χ1n) is 29.3. The van der Waals surface area contributed by atoms with E-state index in [0.717, 1.165) is 33.4 Å². The number of hydrogen-bond acceptors (Lipinski definition) is 15. The first-order chi connectivity index (χ1) is 42.1. The smallest absolute Gasteiger partial charge is 0.306 e. The molecule has 7 rings (SSSR count). The van der Waals surface area contributed by atoms with Gasteiger partial charge in [-0.2, -0.15) is 0 Å². The molecule has 86 heavy (non-hydrogen) atoms. The Morgan fingerprint density at radius 1 is 0.407 bits per heavy atom. The maximum Gasteiger partial charge on any atom is 0.306 e. The van der Waals surface area contributed by atoms with Crippen LogP contribution in [0.5, 0.6) is 0 Å². The number of ether oxygens (including phenoxy) is 9. The third-order valence-corrected chi connectivity index (χ3v) is 14.0. The standard InChI is InChI=1S/C68H79N3O15/c1-78-67-66(86-63(77)37-22-43-71-60(74)40-46-81-49-53-27-12-4-13-28-53)65(85-62(76)36-21-42-70-59(73)39-45-80-48-52-25-10-3-11-26-52)64(84-61(75)35-20-41-69-58(72)38-44-79-47-51-23-8-2-9-24-51)57(83-67)50-82-68(54-29-14-5-15-30-54,55-31-16-6-17-32-55)56-33-18-7-19-34-56/h2-19,23-34,57,64-67H,20-22,35-50H2,1H3,(H,69,72)(H,70,73)(H,71,74)/t57-,64-,65+,66+,67+/m1/s1. The van der Waals surface area contributed by atoms with E-state index >= 15 is 0 Å². The van der Waals surface area contributed by atoms with Gasteiger partial charge in [-0.05, 0) is 52.6 Å². The lowest BCUT2D eigenvalue weighted by atomic mass is 9.80. The van der Waals surface area contributed by atoms with Crippen molar-refractivity contribution in [3.05, 3.63) is 215 Å². The SMILES string of the molecule is CO[C@H]1O[C@H](COC(c2ccccc2)(c2ccccc2)c2ccccc2)[C@@H](OC(=O)CCCNC(=O)CCOCc2ccccc2)[C@H](OC(=O)CCCNC(=O)CCOCc2ccccc2)[C@@H]1OC(=O)CCCNC(=O)CCOCc1ccccc1. The molecule has 6 aromatic carbocycles. The van der Waals surface area contributed by atoms with E-state index in [4.69, 9.17) is 42.6 Å². The minimum Gasteiger partial charge on any atom is -0.455 e. The highest BCUT2D eigenvalue weighted by Gasteiger charge is 2.53. The predicted octanol–water partition coefficient (Wildman–Crippen LogP) is 8.61. The lowest BCUT2D eigenvalue weighted by Gasteiger charge is -2.45. The van der Waals surface area contributed by atoms with Gasteiger partial charge in [0.1, 0.15) is 11.7 Å². The maximum absolute atomic E-state index is 14.2. The van der Waals surface area contributed by atoms with Crippen molar-refractivity contribution in [2.75, 3.05) is 53.2 Å². The number of carbonyl (C=O) groups is 6. The Balaban J connectivity index is 1.07. The van der Waals surface area contributed by atoms with E-state index in [2.05, 4.69) is 16.0 Å². The number of esters is 3. The van der Waals surface area contributed by atoms with E-state index in [1.165, 1.54) is 7.11 Å². The van der Waals surface area contributed by atoms with Gasteiger partial charge >= 0.3 is 17.9 Å². The van der Waals surface area contributed by atoms with Gasteiger partial charge in [0, 0.05) is 65.3 Å². The van der Waals surface area contributed by atoms with Crippen molar-refractivity contribution in [1.29, 1.82) is 0 Å². The molecule has 1 heterocycles. The molecule has 0 saturated carbocycles. The van der Waals surface area contributed by atoms with Gasteiger partial charge in [-0.15, -0.1) is 0 Å². The van der Waals surface area contributed by atoms with Crippen LogP contribution >= 0.6 is 0 Å². The van der Waals surface area contributed by atoms with Crippen molar-refractivity contribution in [3.8, 4) is 0 Å². The van der Waals surface area contributed by atoms with Crippen LogP contribution < -0.4 is 16.0 Å². The van der Waals surface area contributed by atoms with Crippen LogP contribution in [0.2, 0.25) is 0 Å². The highest BCUT2D eigenvalue weighted by Crippen LogP contribution is 2.42. The minimum atomic E-state index is -1.54. The Kier molecular flexibility index (Phi) is 27.9. The molecule has 1 aliphatic heterocycles. The molecule has 0 radical (unpaired) electrons. The fourth-order valence-corrected chi connectivity index (χ4v) is 9.65. The van der Waals surface area contributed by atoms with Gasteiger partial charge in [-0.3, -0.25) is 28.8 Å². The molecule has 1 aliphatic rings. The molecular weight excluding hydrogens is 1100 g/mol. The van der Waals surface area contributed by atoms with Gasteiger partial charge in [0.2, 0.25) is 17.7 Å². The van der Waals surface area contributed by atoms with Gasteiger partial charge in [0.15, 0.2) is 24.6 Å². The predicted molar refractivity (Wildman–Crippen MR) is 319 cm³/mol. The van der Waals surface area contributed by atoms with Crippen LogP contribution in [0.15, 0.2) is 182 Å². The van der Waals surface area contributed by atoms with Crippen molar-refractivity contribution in [2.45, 2.75) is 114 Å². The van der Waals surface area contributed by atoms with Crippen LogP contribution in [0.25, 0.3) is 0 Å². The molecule has 0 unspecified atom stereocenters. The Hall–Kier alpha value is -8.10. The molecule has 0 spiro atoms. The molecule has 3 N–H and O–H groups in total. The summed E-state index contributed by atoms with van der Waals surface area (Å²) in [6.45, 7) is 1.79. The lowest BCUT2D eigenvalue weighted by Crippen LogP contribution is -2.63. The topological polar surface area (TPSA) is 222 Å². The van der Waals surface area contributed by atoms with Crippen LogP contribution in [0.1, 0.15) is 91.2 Å². The van der Waals surface area contributed by atoms with E-state index in [0.29, 0.717) is 19.8 Å². The second-order valence-electron chi connectivity index (χ2n) is 20.5. The maximum atomic E-state index is 14.2. The van der Waals surface area contributed by atoms with Crippen molar-refractivity contribution in [3.63, 3.8) is 0 Å². The molecular formula is C68H79N3O15. The first-order valence-corrected chi connectivity index (χ1v) is 29.3. The van der Waals surface area contributed by atoms with E-state index < -0.39 is 54.2 Å². The number of amides is 3.